The summed E-state index contributed by atoms with van der Waals surface area (Å²) < 4.78 is 6.13. The van der Waals surface area contributed by atoms with Gasteiger partial charge in [-0.15, -0.1) is 0 Å². The number of hydrogen-bond donors (Lipinski definition) is 0. The molecule has 0 radical (unpaired) electrons. The van der Waals surface area contributed by atoms with Crippen LogP contribution in [0.2, 0.25) is 0 Å². The molecule has 1 rings (SSSR count). The number of ether oxygens (including phenoxy) is 1. The Bertz CT molecular complexity index is 449. The SMILES string of the molecule is Cc1cc(C(C)N(C)C(=O)OC(C)(C)C)cc(Br)n1. The predicted octanol–water partition coefficient (Wildman–Crippen LogP) is 4.08. The van der Waals surface area contributed by atoms with Gasteiger partial charge in [0.2, 0.25) is 0 Å². The molecule has 0 saturated heterocycles. The highest BCUT2D eigenvalue weighted by molar-refractivity contribution is 9.10. The predicted molar refractivity (Wildman–Crippen MR) is 79.1 cm³/mol. The molecule has 19 heavy (non-hydrogen) atoms. The second kappa shape index (κ2) is 5.90. The maximum atomic E-state index is 12.0. The van der Waals surface area contributed by atoms with Crippen molar-refractivity contribution < 1.29 is 9.53 Å². The zero-order chi connectivity index (χ0) is 14.8. The average molecular weight is 329 g/mol. The molecule has 4 nitrogen and oxygen atoms in total. The molecule has 1 atom stereocenters. The van der Waals surface area contributed by atoms with E-state index in [1.165, 1.54) is 0 Å². The molecule has 5 heteroatoms. The van der Waals surface area contributed by atoms with Gasteiger partial charge in [0.05, 0.1) is 6.04 Å². The van der Waals surface area contributed by atoms with Crippen LogP contribution in [0.3, 0.4) is 0 Å². The topological polar surface area (TPSA) is 42.4 Å². The van der Waals surface area contributed by atoms with Gasteiger partial charge in [0.1, 0.15) is 10.2 Å². The van der Waals surface area contributed by atoms with Gasteiger partial charge in [0.15, 0.2) is 0 Å². The van der Waals surface area contributed by atoms with Crippen molar-refractivity contribution in [3.8, 4) is 0 Å². The van der Waals surface area contributed by atoms with Crippen LogP contribution in [0.25, 0.3) is 0 Å². The molecule has 0 aliphatic carbocycles. The fourth-order valence-electron chi connectivity index (χ4n) is 1.61. The van der Waals surface area contributed by atoms with Crippen molar-refractivity contribution in [3.63, 3.8) is 0 Å². The summed E-state index contributed by atoms with van der Waals surface area (Å²) in [4.78, 5) is 17.9. The molecule has 1 aromatic rings. The number of rotatable bonds is 2. The molecule has 0 N–H and O–H groups in total. The van der Waals surface area contributed by atoms with Gasteiger partial charge in [0.25, 0.3) is 0 Å². The van der Waals surface area contributed by atoms with Crippen molar-refractivity contribution in [3.05, 3.63) is 28.0 Å². The van der Waals surface area contributed by atoms with Crippen molar-refractivity contribution in [1.82, 2.24) is 9.88 Å². The van der Waals surface area contributed by atoms with Crippen LogP contribution in [-0.4, -0.2) is 28.6 Å². The molecule has 1 heterocycles. The maximum Gasteiger partial charge on any atom is 0.410 e. The first-order valence-corrected chi connectivity index (χ1v) is 6.99. The standard InChI is InChI=1S/C14H21BrN2O2/c1-9-7-11(8-12(15)16-9)10(2)17(6)13(18)19-14(3,4)5/h7-8,10H,1-6H3. The van der Waals surface area contributed by atoms with Gasteiger partial charge in [0, 0.05) is 12.7 Å². The Labute approximate surface area is 123 Å². The van der Waals surface area contributed by atoms with Crippen LogP contribution in [0.1, 0.15) is 45.0 Å². The third-order valence-corrected chi connectivity index (χ3v) is 3.10. The van der Waals surface area contributed by atoms with Gasteiger partial charge in [-0.25, -0.2) is 9.78 Å². The fourth-order valence-corrected chi connectivity index (χ4v) is 2.15. The van der Waals surface area contributed by atoms with E-state index in [4.69, 9.17) is 4.74 Å². The molecule has 0 spiro atoms. The summed E-state index contributed by atoms with van der Waals surface area (Å²) in [5, 5.41) is 0. The number of pyridine rings is 1. The van der Waals surface area contributed by atoms with Crippen molar-refractivity contribution in [1.29, 1.82) is 0 Å². The number of nitrogens with zero attached hydrogens (tertiary/aromatic N) is 2. The molecule has 1 amide bonds. The van der Waals surface area contributed by atoms with E-state index in [1.807, 2.05) is 46.8 Å². The van der Waals surface area contributed by atoms with Gasteiger partial charge in [-0.3, -0.25) is 0 Å². The second-order valence-corrected chi connectivity index (χ2v) is 6.44. The molecule has 1 unspecified atom stereocenters. The molecule has 0 aliphatic rings. The highest BCUT2D eigenvalue weighted by Crippen LogP contribution is 2.23. The first kappa shape index (κ1) is 16.0. The lowest BCUT2D eigenvalue weighted by atomic mass is 10.1. The summed E-state index contributed by atoms with van der Waals surface area (Å²) in [6.07, 6.45) is -0.328. The van der Waals surface area contributed by atoms with Crippen LogP contribution < -0.4 is 0 Å². The summed E-state index contributed by atoms with van der Waals surface area (Å²) in [5.74, 6) is 0. The number of amides is 1. The van der Waals surface area contributed by atoms with Crippen molar-refractivity contribution in [2.45, 2.75) is 46.3 Å². The van der Waals surface area contributed by atoms with E-state index in [0.29, 0.717) is 0 Å². The molecular weight excluding hydrogens is 308 g/mol. The Morgan fingerprint density at radius 2 is 2.00 bits per heavy atom. The molecule has 1 aromatic heterocycles. The van der Waals surface area contributed by atoms with Crippen molar-refractivity contribution >= 4 is 22.0 Å². The van der Waals surface area contributed by atoms with Crippen molar-refractivity contribution in [2.75, 3.05) is 7.05 Å². The van der Waals surface area contributed by atoms with Gasteiger partial charge < -0.3 is 9.64 Å². The van der Waals surface area contributed by atoms with Gasteiger partial charge in [-0.05, 0) is 68.2 Å². The Hall–Kier alpha value is -1.10. The van der Waals surface area contributed by atoms with Gasteiger partial charge in [-0.2, -0.15) is 0 Å². The number of carbonyl (C=O) groups excluding carboxylic acids is 1. The summed E-state index contributed by atoms with van der Waals surface area (Å²) in [7, 11) is 1.74. The van der Waals surface area contributed by atoms with Gasteiger partial charge in [-0.1, -0.05) is 0 Å². The Morgan fingerprint density at radius 1 is 1.42 bits per heavy atom. The summed E-state index contributed by atoms with van der Waals surface area (Å²) >= 11 is 3.37. The number of hydrogen-bond acceptors (Lipinski definition) is 3. The normalized spacial score (nSPS) is 13.0. The number of carbonyl (C=O) groups is 1. The largest absolute Gasteiger partial charge is 0.444 e. The van der Waals surface area contributed by atoms with Gasteiger partial charge >= 0.3 is 6.09 Å². The van der Waals surface area contributed by atoms with Crippen LogP contribution in [0.15, 0.2) is 16.7 Å². The molecule has 0 bridgehead atoms. The minimum Gasteiger partial charge on any atom is -0.444 e. The molecule has 0 fully saturated rings. The molecule has 0 saturated carbocycles. The van der Waals surface area contributed by atoms with E-state index in [-0.39, 0.29) is 12.1 Å². The lowest BCUT2D eigenvalue weighted by Gasteiger charge is -2.29. The van der Waals surface area contributed by atoms with E-state index >= 15 is 0 Å². The Morgan fingerprint density at radius 3 is 2.47 bits per heavy atom. The van der Waals surface area contributed by atoms with Crippen LogP contribution in [0, 0.1) is 6.92 Å². The first-order valence-electron chi connectivity index (χ1n) is 6.20. The monoisotopic (exact) mass is 328 g/mol. The Balaban J connectivity index is 2.87. The third-order valence-electron chi connectivity index (χ3n) is 2.69. The number of aromatic nitrogens is 1. The lowest BCUT2D eigenvalue weighted by molar-refractivity contribution is 0.0233. The van der Waals surface area contributed by atoms with Crippen LogP contribution >= 0.6 is 15.9 Å². The molecule has 0 aliphatic heterocycles. The lowest BCUT2D eigenvalue weighted by Crippen LogP contribution is -2.35. The molecular formula is C14H21BrN2O2. The van der Waals surface area contributed by atoms with E-state index in [1.54, 1.807) is 11.9 Å². The van der Waals surface area contributed by atoms with Crippen LogP contribution in [0.5, 0.6) is 0 Å². The number of halogens is 1. The third kappa shape index (κ3) is 4.82. The van der Waals surface area contributed by atoms with E-state index in [9.17, 15) is 4.79 Å². The highest BCUT2D eigenvalue weighted by atomic mass is 79.9. The van der Waals surface area contributed by atoms with Crippen LogP contribution in [0.4, 0.5) is 4.79 Å². The van der Waals surface area contributed by atoms with E-state index in [0.717, 1.165) is 15.9 Å². The minimum atomic E-state index is -0.486. The highest BCUT2D eigenvalue weighted by Gasteiger charge is 2.24. The van der Waals surface area contributed by atoms with E-state index < -0.39 is 5.60 Å². The quantitative estimate of drug-likeness (QED) is 0.768. The summed E-state index contributed by atoms with van der Waals surface area (Å²) in [6.45, 7) is 9.46. The zero-order valence-corrected chi connectivity index (χ0v) is 13.9. The second-order valence-electron chi connectivity index (χ2n) is 5.63. The number of aryl methyl sites for hydroxylation is 1. The minimum absolute atomic E-state index is 0.0761. The molecule has 106 valence electrons. The Kier molecular flexibility index (Phi) is 4.96. The van der Waals surface area contributed by atoms with Crippen LogP contribution in [-0.2, 0) is 4.74 Å². The van der Waals surface area contributed by atoms with Crippen molar-refractivity contribution in [2.24, 2.45) is 0 Å². The fraction of sp³-hybridized carbons (Fsp3) is 0.571. The average Bonchev–Trinajstić information content (AvgIpc) is 2.23. The maximum absolute atomic E-state index is 12.0. The smallest absolute Gasteiger partial charge is 0.410 e. The summed E-state index contributed by atoms with van der Waals surface area (Å²) in [5.41, 5.74) is 1.45. The zero-order valence-electron chi connectivity index (χ0n) is 12.3. The molecule has 0 aromatic carbocycles. The first-order chi connectivity index (χ1) is 8.60. The summed E-state index contributed by atoms with van der Waals surface area (Å²) in [6, 6.07) is 3.81. The van der Waals surface area contributed by atoms with E-state index in [2.05, 4.69) is 20.9 Å².